The topological polar surface area (TPSA) is 66.9 Å². The van der Waals surface area contributed by atoms with Gasteiger partial charge in [0.1, 0.15) is 5.75 Å². The van der Waals surface area contributed by atoms with E-state index in [0.29, 0.717) is 31.7 Å². The van der Waals surface area contributed by atoms with Crippen LogP contribution in [0.25, 0.3) is 0 Å². The minimum atomic E-state index is -3.65. The molecule has 0 aliphatic carbocycles. The average molecular weight is 431 g/mol. The number of nitrogens with zero attached hydrogens (tertiary/aromatic N) is 2. The maximum Gasteiger partial charge on any atom is 0.243 e. The van der Waals surface area contributed by atoms with Crippen molar-refractivity contribution in [2.24, 2.45) is 5.92 Å². The van der Waals surface area contributed by atoms with Crippen molar-refractivity contribution in [1.82, 2.24) is 4.31 Å². The number of rotatable bonds is 8. The van der Waals surface area contributed by atoms with Crippen LogP contribution in [0, 0.1) is 5.92 Å². The lowest BCUT2D eigenvalue weighted by Crippen LogP contribution is -2.47. The van der Waals surface area contributed by atoms with Gasteiger partial charge in [-0.05, 0) is 55.7 Å². The first-order valence-corrected chi connectivity index (χ1v) is 11.9. The third-order valence-electron chi connectivity index (χ3n) is 5.50. The molecule has 0 spiro atoms. The van der Waals surface area contributed by atoms with Gasteiger partial charge in [0.25, 0.3) is 0 Å². The Morgan fingerprint density at radius 3 is 2.47 bits per heavy atom. The maximum atomic E-state index is 13.4. The first-order chi connectivity index (χ1) is 14.5. The largest absolute Gasteiger partial charge is 0.497 e. The third kappa shape index (κ3) is 5.02. The van der Waals surface area contributed by atoms with E-state index >= 15 is 0 Å². The van der Waals surface area contributed by atoms with Crippen molar-refractivity contribution < 1.29 is 17.9 Å². The zero-order valence-corrected chi connectivity index (χ0v) is 18.5. The molecule has 1 aliphatic heterocycles. The number of amides is 1. The van der Waals surface area contributed by atoms with Crippen LogP contribution in [0.3, 0.4) is 0 Å². The molecule has 1 heterocycles. The molecule has 0 bridgehead atoms. The monoisotopic (exact) mass is 430 g/mol. The molecule has 2 aromatic rings. The van der Waals surface area contributed by atoms with Gasteiger partial charge in [0.15, 0.2) is 0 Å². The van der Waals surface area contributed by atoms with Crippen LogP contribution in [-0.4, -0.2) is 45.4 Å². The number of methoxy groups -OCH3 is 1. The minimum Gasteiger partial charge on any atom is -0.497 e. The lowest BCUT2D eigenvalue weighted by Gasteiger charge is -2.34. The van der Waals surface area contributed by atoms with Gasteiger partial charge in [-0.2, -0.15) is 4.31 Å². The van der Waals surface area contributed by atoms with Gasteiger partial charge < -0.3 is 9.64 Å². The lowest BCUT2D eigenvalue weighted by molar-refractivity contribution is -0.123. The van der Waals surface area contributed by atoms with Crippen LogP contribution in [0.1, 0.15) is 32.6 Å². The molecule has 1 amide bonds. The predicted octanol–water partition coefficient (Wildman–Crippen LogP) is 3.93. The fraction of sp³-hybridized carbons (Fsp3) is 0.435. The Balaban J connectivity index is 1.78. The van der Waals surface area contributed by atoms with Crippen LogP contribution < -0.4 is 9.64 Å². The van der Waals surface area contributed by atoms with Crippen molar-refractivity contribution in [2.75, 3.05) is 31.6 Å². The van der Waals surface area contributed by atoms with Gasteiger partial charge in [0.2, 0.25) is 15.9 Å². The van der Waals surface area contributed by atoms with E-state index in [1.807, 2.05) is 35.2 Å². The molecule has 162 valence electrons. The fourth-order valence-corrected chi connectivity index (χ4v) is 5.29. The Morgan fingerprint density at radius 1 is 1.13 bits per heavy atom. The van der Waals surface area contributed by atoms with Gasteiger partial charge in [-0.3, -0.25) is 4.79 Å². The standard InChI is InChI=1S/C23H30N2O4S/c1-3-4-17-25(20-10-6-5-7-11-20)23(26)19-9-8-16-24(18-19)30(27,28)22-14-12-21(29-2)13-15-22/h5-7,10-15,19H,3-4,8-9,16-18H2,1-2H3. The highest BCUT2D eigenvalue weighted by atomic mass is 32.2. The molecule has 7 heteroatoms. The minimum absolute atomic E-state index is 0.00396. The molecule has 1 unspecified atom stereocenters. The summed E-state index contributed by atoms with van der Waals surface area (Å²) in [5.41, 5.74) is 0.867. The number of hydrogen-bond donors (Lipinski definition) is 0. The Morgan fingerprint density at radius 2 is 1.83 bits per heavy atom. The number of sulfonamides is 1. The SMILES string of the molecule is CCCCN(C(=O)C1CCCN(S(=O)(=O)c2ccc(OC)cc2)C1)c1ccccc1. The molecule has 3 rings (SSSR count). The summed E-state index contributed by atoms with van der Waals surface area (Å²) in [7, 11) is -2.11. The molecule has 1 fully saturated rings. The highest BCUT2D eigenvalue weighted by Gasteiger charge is 2.35. The second-order valence-electron chi connectivity index (χ2n) is 7.56. The predicted molar refractivity (Wildman–Crippen MR) is 118 cm³/mol. The first kappa shape index (κ1) is 22.3. The summed E-state index contributed by atoms with van der Waals surface area (Å²) >= 11 is 0. The molecule has 1 aliphatic rings. The van der Waals surface area contributed by atoms with Gasteiger partial charge in [0.05, 0.1) is 17.9 Å². The lowest BCUT2D eigenvalue weighted by atomic mass is 9.97. The number of anilines is 1. The molecular weight excluding hydrogens is 400 g/mol. The number of para-hydroxylation sites is 1. The number of hydrogen-bond acceptors (Lipinski definition) is 4. The van der Waals surface area contributed by atoms with Crippen LogP contribution in [0.5, 0.6) is 5.75 Å². The van der Waals surface area contributed by atoms with Crippen molar-refractivity contribution >= 4 is 21.6 Å². The van der Waals surface area contributed by atoms with E-state index in [1.54, 1.807) is 31.4 Å². The summed E-state index contributed by atoms with van der Waals surface area (Å²) in [4.78, 5) is 15.4. The Kier molecular flexibility index (Phi) is 7.50. The molecule has 0 saturated carbocycles. The number of carbonyl (C=O) groups excluding carboxylic acids is 1. The quantitative estimate of drug-likeness (QED) is 0.636. The van der Waals surface area contributed by atoms with Crippen LogP contribution >= 0.6 is 0 Å². The zero-order chi connectivity index (χ0) is 21.6. The first-order valence-electron chi connectivity index (χ1n) is 10.5. The van der Waals surface area contributed by atoms with E-state index in [2.05, 4.69) is 6.92 Å². The third-order valence-corrected chi connectivity index (χ3v) is 7.38. The number of carbonyl (C=O) groups is 1. The van der Waals surface area contributed by atoms with Gasteiger partial charge >= 0.3 is 0 Å². The Bertz CT molecular complexity index is 929. The van der Waals surface area contributed by atoms with Crippen LogP contribution in [0.2, 0.25) is 0 Å². The van der Waals surface area contributed by atoms with Crippen molar-refractivity contribution in [2.45, 2.75) is 37.5 Å². The van der Waals surface area contributed by atoms with Crippen LogP contribution in [-0.2, 0) is 14.8 Å². The van der Waals surface area contributed by atoms with Gasteiger partial charge in [-0.25, -0.2) is 8.42 Å². The molecule has 6 nitrogen and oxygen atoms in total. The van der Waals surface area contributed by atoms with E-state index in [1.165, 1.54) is 4.31 Å². The van der Waals surface area contributed by atoms with Gasteiger partial charge in [-0.15, -0.1) is 0 Å². The van der Waals surface area contributed by atoms with Crippen molar-refractivity contribution in [3.8, 4) is 5.75 Å². The number of piperidine rings is 1. The summed E-state index contributed by atoms with van der Waals surface area (Å²) in [6, 6.07) is 16.0. The smallest absolute Gasteiger partial charge is 0.243 e. The summed E-state index contributed by atoms with van der Waals surface area (Å²) in [5, 5.41) is 0. The molecular formula is C23H30N2O4S. The molecule has 0 radical (unpaired) electrons. The highest BCUT2D eigenvalue weighted by Crippen LogP contribution is 2.27. The second-order valence-corrected chi connectivity index (χ2v) is 9.49. The molecule has 0 aromatic heterocycles. The Labute approximate surface area is 179 Å². The van der Waals surface area contributed by atoms with Crippen molar-refractivity contribution in [3.63, 3.8) is 0 Å². The molecule has 2 aromatic carbocycles. The second kappa shape index (κ2) is 10.1. The normalized spacial score (nSPS) is 17.5. The Hall–Kier alpha value is -2.38. The van der Waals surface area contributed by atoms with Crippen molar-refractivity contribution in [1.29, 1.82) is 0 Å². The zero-order valence-electron chi connectivity index (χ0n) is 17.7. The average Bonchev–Trinajstić information content (AvgIpc) is 2.80. The molecule has 30 heavy (non-hydrogen) atoms. The summed E-state index contributed by atoms with van der Waals surface area (Å²) < 4.78 is 32.8. The molecule has 1 atom stereocenters. The van der Waals surface area contributed by atoms with E-state index in [4.69, 9.17) is 4.74 Å². The van der Waals surface area contributed by atoms with Gasteiger partial charge in [-0.1, -0.05) is 31.5 Å². The number of ether oxygens (including phenoxy) is 1. The molecule has 0 N–H and O–H groups in total. The summed E-state index contributed by atoms with van der Waals surface area (Å²) in [5.74, 6) is 0.267. The van der Waals surface area contributed by atoms with Crippen molar-refractivity contribution in [3.05, 3.63) is 54.6 Å². The highest BCUT2D eigenvalue weighted by molar-refractivity contribution is 7.89. The van der Waals surface area contributed by atoms with Crippen LogP contribution in [0.15, 0.2) is 59.5 Å². The van der Waals surface area contributed by atoms with Gasteiger partial charge in [0, 0.05) is 25.3 Å². The molecule has 1 saturated heterocycles. The summed E-state index contributed by atoms with van der Waals surface area (Å²) in [6.45, 7) is 3.37. The maximum absolute atomic E-state index is 13.4. The number of unbranched alkanes of at least 4 members (excludes halogenated alkanes) is 1. The van der Waals surface area contributed by atoms with E-state index in [-0.39, 0.29) is 23.3 Å². The van der Waals surface area contributed by atoms with E-state index in [0.717, 1.165) is 18.5 Å². The van der Waals surface area contributed by atoms with E-state index < -0.39 is 10.0 Å². The summed E-state index contributed by atoms with van der Waals surface area (Å²) in [6.07, 6.45) is 3.26. The van der Waals surface area contributed by atoms with Crippen LogP contribution in [0.4, 0.5) is 5.69 Å². The van der Waals surface area contributed by atoms with E-state index in [9.17, 15) is 13.2 Å². The fourth-order valence-electron chi connectivity index (χ4n) is 3.77. The number of benzene rings is 2.